The van der Waals surface area contributed by atoms with Crippen molar-refractivity contribution in [2.24, 2.45) is 5.73 Å². The largest absolute Gasteiger partial charge is 0.352 e. The summed E-state index contributed by atoms with van der Waals surface area (Å²) in [4.78, 5) is 13.7. The van der Waals surface area contributed by atoms with Gasteiger partial charge in [-0.1, -0.05) is 0 Å². The number of carbonyl (C=O) groups excluding carboxylic acids is 1. The molecule has 1 amide bonds. The van der Waals surface area contributed by atoms with Crippen LogP contribution in [0, 0.1) is 6.92 Å². The average molecular weight is 210 g/mol. The first-order valence-corrected chi connectivity index (χ1v) is 5.58. The lowest BCUT2D eigenvalue weighted by molar-refractivity contribution is -0.119. The van der Waals surface area contributed by atoms with E-state index in [-0.39, 0.29) is 12.5 Å². The fourth-order valence-electron chi connectivity index (χ4n) is 1.59. The van der Waals surface area contributed by atoms with E-state index in [1.807, 2.05) is 11.3 Å². The molecule has 1 fully saturated rings. The predicted octanol–water partition coefficient (Wildman–Crippen LogP) is 0.987. The molecular weight excluding hydrogens is 196 g/mol. The molecule has 0 aliphatic heterocycles. The van der Waals surface area contributed by atoms with Gasteiger partial charge in [0.15, 0.2) is 0 Å². The van der Waals surface area contributed by atoms with Gasteiger partial charge in [0.1, 0.15) is 0 Å². The lowest BCUT2D eigenvalue weighted by atomic mass is 10.3. The second-order valence-electron chi connectivity index (χ2n) is 3.67. The first-order chi connectivity index (χ1) is 6.70. The summed E-state index contributed by atoms with van der Waals surface area (Å²) in [6, 6.07) is 4.60. The zero-order valence-corrected chi connectivity index (χ0v) is 8.93. The van der Waals surface area contributed by atoms with E-state index in [1.165, 1.54) is 9.75 Å². The van der Waals surface area contributed by atoms with E-state index in [0.717, 1.165) is 6.42 Å². The Morgan fingerprint density at radius 1 is 1.71 bits per heavy atom. The molecule has 1 aliphatic carbocycles. The van der Waals surface area contributed by atoms with Crippen molar-refractivity contribution in [3.05, 3.63) is 21.9 Å². The summed E-state index contributed by atoms with van der Waals surface area (Å²) < 4.78 is 0. The van der Waals surface area contributed by atoms with E-state index in [2.05, 4.69) is 24.4 Å². The van der Waals surface area contributed by atoms with Crippen molar-refractivity contribution in [2.45, 2.75) is 25.3 Å². The summed E-state index contributed by atoms with van der Waals surface area (Å²) in [7, 11) is 0. The summed E-state index contributed by atoms with van der Waals surface area (Å²) in [6.45, 7) is 2.19. The highest BCUT2D eigenvalue weighted by Gasteiger charge is 2.40. The fraction of sp³-hybridized carbons (Fsp3) is 0.500. The number of carbonyl (C=O) groups is 1. The first-order valence-electron chi connectivity index (χ1n) is 4.76. The number of aryl methyl sites for hydroxylation is 1. The molecule has 0 aromatic carbocycles. The molecule has 2 atom stereocenters. The number of rotatable bonds is 3. The van der Waals surface area contributed by atoms with E-state index >= 15 is 0 Å². The Morgan fingerprint density at radius 3 is 3.07 bits per heavy atom. The molecule has 14 heavy (non-hydrogen) atoms. The van der Waals surface area contributed by atoms with Crippen LogP contribution in [-0.2, 0) is 4.79 Å². The van der Waals surface area contributed by atoms with Crippen LogP contribution in [0.5, 0.6) is 0 Å². The van der Waals surface area contributed by atoms with Gasteiger partial charge in [0, 0.05) is 21.7 Å². The smallest absolute Gasteiger partial charge is 0.233 e. The number of amides is 1. The van der Waals surface area contributed by atoms with Crippen molar-refractivity contribution < 1.29 is 4.79 Å². The minimum absolute atomic E-state index is 0.0502. The number of nitrogens with two attached hydrogens (primary N) is 1. The van der Waals surface area contributed by atoms with E-state index in [1.54, 1.807) is 0 Å². The molecule has 0 bridgehead atoms. The van der Waals surface area contributed by atoms with Crippen molar-refractivity contribution in [2.75, 3.05) is 6.54 Å². The highest BCUT2D eigenvalue weighted by atomic mass is 32.1. The Balaban J connectivity index is 1.90. The van der Waals surface area contributed by atoms with Crippen LogP contribution in [0.3, 0.4) is 0 Å². The maximum absolute atomic E-state index is 11.0. The second-order valence-corrected chi connectivity index (χ2v) is 4.99. The predicted molar refractivity (Wildman–Crippen MR) is 57.4 cm³/mol. The summed E-state index contributed by atoms with van der Waals surface area (Å²) in [6.07, 6.45) is 1.06. The maximum atomic E-state index is 11.0. The van der Waals surface area contributed by atoms with Crippen molar-refractivity contribution in [3.8, 4) is 0 Å². The number of nitrogens with one attached hydrogen (secondary N) is 1. The second kappa shape index (κ2) is 3.71. The molecule has 0 saturated heterocycles. The Bertz CT molecular complexity index is 348. The highest BCUT2D eigenvalue weighted by molar-refractivity contribution is 7.12. The molecule has 2 rings (SSSR count). The summed E-state index contributed by atoms with van der Waals surface area (Å²) in [5.41, 5.74) is 5.23. The molecule has 1 aromatic heterocycles. The number of hydrogen-bond acceptors (Lipinski definition) is 3. The Kier molecular flexibility index (Phi) is 2.56. The molecule has 0 spiro atoms. The molecule has 2 unspecified atom stereocenters. The van der Waals surface area contributed by atoms with Gasteiger partial charge in [-0.3, -0.25) is 4.79 Å². The Morgan fingerprint density at radius 2 is 2.50 bits per heavy atom. The molecule has 0 radical (unpaired) electrons. The quantitative estimate of drug-likeness (QED) is 0.781. The minimum Gasteiger partial charge on any atom is -0.352 e. The molecule has 3 nitrogen and oxygen atoms in total. The van der Waals surface area contributed by atoms with E-state index < -0.39 is 0 Å². The third-order valence-corrected chi connectivity index (χ3v) is 3.58. The first kappa shape index (κ1) is 9.68. The molecular formula is C10H14N2OS. The highest BCUT2D eigenvalue weighted by Crippen LogP contribution is 2.43. The van der Waals surface area contributed by atoms with Crippen LogP contribution in [0.25, 0.3) is 0 Å². The van der Waals surface area contributed by atoms with Gasteiger partial charge in [-0.25, -0.2) is 0 Å². The molecule has 3 N–H and O–H groups in total. The summed E-state index contributed by atoms with van der Waals surface area (Å²) >= 11 is 1.81. The number of thiophene rings is 1. The van der Waals surface area contributed by atoms with Crippen molar-refractivity contribution in [1.82, 2.24) is 5.32 Å². The van der Waals surface area contributed by atoms with Crippen molar-refractivity contribution in [3.63, 3.8) is 0 Å². The van der Waals surface area contributed by atoms with E-state index in [0.29, 0.717) is 12.0 Å². The standard InChI is InChI=1S/C10H14N2OS/c1-6-2-3-9(14-6)7-4-8(7)12-10(13)5-11/h2-3,7-8H,4-5,11H2,1H3,(H,12,13). The van der Waals surface area contributed by atoms with Crippen molar-refractivity contribution in [1.29, 1.82) is 0 Å². The van der Waals surface area contributed by atoms with Crippen LogP contribution >= 0.6 is 11.3 Å². The van der Waals surface area contributed by atoms with Gasteiger partial charge in [-0.15, -0.1) is 11.3 Å². The van der Waals surface area contributed by atoms with Gasteiger partial charge in [-0.05, 0) is 25.5 Å². The van der Waals surface area contributed by atoms with Crippen molar-refractivity contribution >= 4 is 17.2 Å². The van der Waals surface area contributed by atoms with E-state index in [4.69, 9.17) is 5.73 Å². The van der Waals surface area contributed by atoms with Gasteiger partial charge in [0.25, 0.3) is 0 Å². The lowest BCUT2D eigenvalue weighted by Crippen LogP contribution is -2.32. The third kappa shape index (κ3) is 1.96. The van der Waals surface area contributed by atoms with Gasteiger partial charge in [-0.2, -0.15) is 0 Å². The van der Waals surface area contributed by atoms with Crippen LogP contribution < -0.4 is 11.1 Å². The van der Waals surface area contributed by atoms with Crippen LogP contribution in [0.1, 0.15) is 22.1 Å². The van der Waals surface area contributed by atoms with Gasteiger partial charge < -0.3 is 11.1 Å². The molecule has 1 heterocycles. The van der Waals surface area contributed by atoms with Crippen LogP contribution in [-0.4, -0.2) is 18.5 Å². The molecule has 76 valence electrons. The monoisotopic (exact) mass is 210 g/mol. The van der Waals surface area contributed by atoms with Gasteiger partial charge in [0.05, 0.1) is 6.54 Å². The number of hydrogen-bond donors (Lipinski definition) is 2. The molecule has 1 saturated carbocycles. The fourth-order valence-corrected chi connectivity index (χ4v) is 2.64. The van der Waals surface area contributed by atoms with Crippen LogP contribution in [0.15, 0.2) is 12.1 Å². The van der Waals surface area contributed by atoms with Gasteiger partial charge >= 0.3 is 0 Å². The topological polar surface area (TPSA) is 55.1 Å². The Hall–Kier alpha value is -0.870. The molecule has 1 aromatic rings. The zero-order valence-electron chi connectivity index (χ0n) is 8.12. The zero-order chi connectivity index (χ0) is 10.1. The summed E-state index contributed by atoms with van der Waals surface area (Å²) in [5.74, 6) is 0.481. The minimum atomic E-state index is -0.0502. The average Bonchev–Trinajstić information content (AvgIpc) is 2.79. The van der Waals surface area contributed by atoms with Crippen LogP contribution in [0.4, 0.5) is 0 Å². The summed E-state index contributed by atoms with van der Waals surface area (Å²) in [5, 5.41) is 2.90. The van der Waals surface area contributed by atoms with Gasteiger partial charge in [0.2, 0.25) is 5.91 Å². The van der Waals surface area contributed by atoms with E-state index in [9.17, 15) is 4.79 Å². The lowest BCUT2D eigenvalue weighted by Gasteiger charge is -2.00. The SMILES string of the molecule is Cc1ccc(C2CC2NC(=O)CN)s1. The molecule has 4 heteroatoms. The normalized spacial score (nSPS) is 24.7. The van der Waals surface area contributed by atoms with Crippen LogP contribution in [0.2, 0.25) is 0 Å². The molecule has 1 aliphatic rings. The third-order valence-electron chi connectivity index (χ3n) is 2.45. The maximum Gasteiger partial charge on any atom is 0.233 e. The Labute approximate surface area is 87.3 Å².